The van der Waals surface area contributed by atoms with Gasteiger partial charge in [-0.15, -0.1) is 0 Å². The van der Waals surface area contributed by atoms with Gasteiger partial charge in [0.15, 0.2) is 0 Å². The van der Waals surface area contributed by atoms with Gasteiger partial charge < -0.3 is 14.4 Å². The zero-order valence-electron chi connectivity index (χ0n) is 9.52. The summed E-state index contributed by atoms with van der Waals surface area (Å²) in [5.74, 6) is 0. The molecular formula is C13H17NO2. The van der Waals surface area contributed by atoms with E-state index in [0.717, 1.165) is 6.54 Å². The Hall–Kier alpha value is -1.32. The summed E-state index contributed by atoms with van der Waals surface area (Å²) in [5, 5.41) is 9.90. The van der Waals surface area contributed by atoms with Crippen LogP contribution in [0.5, 0.6) is 0 Å². The summed E-state index contributed by atoms with van der Waals surface area (Å²) in [6.07, 6.45) is 2.08. The SMILES string of the molecule is Cc1cccc2c1ccn2CCOCCO. The van der Waals surface area contributed by atoms with Crippen LogP contribution in [-0.2, 0) is 11.3 Å². The summed E-state index contributed by atoms with van der Waals surface area (Å²) >= 11 is 0. The minimum Gasteiger partial charge on any atom is -0.394 e. The molecule has 0 aliphatic rings. The van der Waals surface area contributed by atoms with Gasteiger partial charge >= 0.3 is 0 Å². The van der Waals surface area contributed by atoms with Gasteiger partial charge in [0.1, 0.15) is 0 Å². The number of benzene rings is 1. The molecule has 0 atom stereocenters. The fourth-order valence-electron chi connectivity index (χ4n) is 1.90. The number of aliphatic hydroxyl groups is 1. The molecule has 3 heteroatoms. The number of aryl methyl sites for hydroxylation is 1. The van der Waals surface area contributed by atoms with Crippen LogP contribution in [0.2, 0.25) is 0 Å². The predicted molar refractivity (Wildman–Crippen MR) is 64.6 cm³/mol. The summed E-state index contributed by atoms with van der Waals surface area (Å²) in [5.41, 5.74) is 2.54. The molecule has 0 aliphatic heterocycles. The Kier molecular flexibility index (Phi) is 3.59. The molecule has 16 heavy (non-hydrogen) atoms. The summed E-state index contributed by atoms with van der Waals surface area (Å²) in [6, 6.07) is 8.45. The number of hydrogen-bond acceptors (Lipinski definition) is 2. The molecular weight excluding hydrogens is 202 g/mol. The van der Waals surface area contributed by atoms with Crippen LogP contribution in [0.1, 0.15) is 5.56 Å². The van der Waals surface area contributed by atoms with Crippen molar-refractivity contribution in [3.63, 3.8) is 0 Å². The molecule has 0 unspecified atom stereocenters. The summed E-state index contributed by atoms with van der Waals surface area (Å²) in [6.45, 7) is 4.09. The van der Waals surface area contributed by atoms with Gasteiger partial charge in [-0.3, -0.25) is 0 Å². The number of aliphatic hydroxyl groups excluding tert-OH is 1. The maximum Gasteiger partial charge on any atom is 0.0698 e. The van der Waals surface area contributed by atoms with Gasteiger partial charge in [0.2, 0.25) is 0 Å². The second-order valence-electron chi connectivity index (χ2n) is 3.85. The highest BCUT2D eigenvalue weighted by Gasteiger charge is 2.02. The Morgan fingerprint density at radius 3 is 2.94 bits per heavy atom. The first kappa shape index (κ1) is 11.2. The van der Waals surface area contributed by atoms with Crippen LogP contribution in [0.25, 0.3) is 10.9 Å². The van der Waals surface area contributed by atoms with Crippen LogP contribution in [-0.4, -0.2) is 29.5 Å². The Bertz CT molecular complexity index is 462. The zero-order valence-corrected chi connectivity index (χ0v) is 9.52. The van der Waals surface area contributed by atoms with Crippen molar-refractivity contribution in [2.24, 2.45) is 0 Å². The molecule has 0 saturated carbocycles. The zero-order chi connectivity index (χ0) is 11.4. The highest BCUT2D eigenvalue weighted by Crippen LogP contribution is 2.19. The first-order valence-corrected chi connectivity index (χ1v) is 5.56. The minimum atomic E-state index is 0.0888. The third-order valence-electron chi connectivity index (χ3n) is 2.74. The number of aromatic nitrogens is 1. The number of rotatable bonds is 5. The minimum absolute atomic E-state index is 0.0888. The van der Waals surface area contributed by atoms with Crippen molar-refractivity contribution in [1.82, 2.24) is 4.57 Å². The van der Waals surface area contributed by atoms with Crippen LogP contribution >= 0.6 is 0 Å². The van der Waals surface area contributed by atoms with Gasteiger partial charge in [-0.25, -0.2) is 0 Å². The molecule has 0 spiro atoms. The number of hydrogen-bond donors (Lipinski definition) is 1. The number of fused-ring (bicyclic) bond motifs is 1. The lowest BCUT2D eigenvalue weighted by Crippen LogP contribution is -2.07. The molecule has 1 aromatic carbocycles. The second kappa shape index (κ2) is 5.14. The molecule has 0 radical (unpaired) electrons. The predicted octanol–water partition coefficient (Wildman–Crippen LogP) is 1.96. The monoisotopic (exact) mass is 219 g/mol. The van der Waals surface area contributed by atoms with Crippen LogP contribution in [0.4, 0.5) is 0 Å². The summed E-state index contributed by atoms with van der Waals surface area (Å²) in [7, 11) is 0. The molecule has 2 aromatic rings. The van der Waals surface area contributed by atoms with E-state index in [9.17, 15) is 0 Å². The van der Waals surface area contributed by atoms with E-state index in [1.807, 2.05) is 0 Å². The number of ether oxygens (including phenoxy) is 1. The first-order chi connectivity index (χ1) is 7.83. The topological polar surface area (TPSA) is 34.4 Å². The van der Waals surface area contributed by atoms with Crippen molar-refractivity contribution >= 4 is 10.9 Å². The molecule has 1 aromatic heterocycles. The average molecular weight is 219 g/mol. The van der Waals surface area contributed by atoms with Gasteiger partial charge in [-0.05, 0) is 24.6 Å². The average Bonchev–Trinajstić information content (AvgIpc) is 2.70. The van der Waals surface area contributed by atoms with Crippen molar-refractivity contribution < 1.29 is 9.84 Å². The van der Waals surface area contributed by atoms with Crippen LogP contribution in [0, 0.1) is 6.92 Å². The Balaban J connectivity index is 2.10. The normalized spacial score (nSPS) is 11.1. The van der Waals surface area contributed by atoms with E-state index in [1.165, 1.54) is 16.5 Å². The lowest BCUT2D eigenvalue weighted by molar-refractivity contribution is 0.0875. The molecule has 1 heterocycles. The van der Waals surface area contributed by atoms with E-state index < -0.39 is 0 Å². The second-order valence-corrected chi connectivity index (χ2v) is 3.85. The lowest BCUT2D eigenvalue weighted by Gasteiger charge is -2.06. The molecule has 0 fully saturated rings. The number of nitrogens with zero attached hydrogens (tertiary/aromatic N) is 1. The van der Waals surface area contributed by atoms with Crippen LogP contribution in [0.3, 0.4) is 0 Å². The van der Waals surface area contributed by atoms with Gasteiger partial charge in [-0.1, -0.05) is 12.1 Å². The van der Waals surface area contributed by atoms with Crippen molar-refractivity contribution in [2.45, 2.75) is 13.5 Å². The van der Waals surface area contributed by atoms with Crippen LogP contribution < -0.4 is 0 Å². The quantitative estimate of drug-likeness (QED) is 0.780. The summed E-state index contributed by atoms with van der Waals surface area (Å²) in [4.78, 5) is 0. The third-order valence-corrected chi connectivity index (χ3v) is 2.74. The summed E-state index contributed by atoms with van der Waals surface area (Å²) < 4.78 is 7.44. The highest BCUT2D eigenvalue weighted by atomic mass is 16.5. The largest absolute Gasteiger partial charge is 0.394 e. The molecule has 1 N–H and O–H groups in total. The van der Waals surface area contributed by atoms with Crippen molar-refractivity contribution in [3.8, 4) is 0 Å². The van der Waals surface area contributed by atoms with Gasteiger partial charge in [0.25, 0.3) is 0 Å². The Labute approximate surface area is 95.3 Å². The van der Waals surface area contributed by atoms with E-state index in [4.69, 9.17) is 9.84 Å². The van der Waals surface area contributed by atoms with E-state index in [0.29, 0.717) is 13.2 Å². The molecule has 0 aliphatic carbocycles. The van der Waals surface area contributed by atoms with Crippen molar-refractivity contribution in [1.29, 1.82) is 0 Å². The van der Waals surface area contributed by atoms with Gasteiger partial charge in [0, 0.05) is 23.6 Å². The molecule has 0 amide bonds. The Morgan fingerprint density at radius 1 is 1.25 bits per heavy atom. The van der Waals surface area contributed by atoms with Gasteiger partial charge in [-0.2, -0.15) is 0 Å². The molecule has 0 saturated heterocycles. The van der Waals surface area contributed by atoms with E-state index in [-0.39, 0.29) is 6.61 Å². The van der Waals surface area contributed by atoms with E-state index >= 15 is 0 Å². The van der Waals surface area contributed by atoms with Crippen molar-refractivity contribution in [2.75, 3.05) is 19.8 Å². The molecule has 2 rings (SSSR count). The fourth-order valence-corrected chi connectivity index (χ4v) is 1.90. The van der Waals surface area contributed by atoms with Gasteiger partial charge in [0.05, 0.1) is 19.8 Å². The molecule has 86 valence electrons. The first-order valence-electron chi connectivity index (χ1n) is 5.56. The molecule has 3 nitrogen and oxygen atoms in total. The fraction of sp³-hybridized carbons (Fsp3) is 0.385. The highest BCUT2D eigenvalue weighted by molar-refractivity contribution is 5.83. The van der Waals surface area contributed by atoms with E-state index in [1.54, 1.807) is 0 Å². The smallest absolute Gasteiger partial charge is 0.0698 e. The maximum absolute atomic E-state index is 8.60. The van der Waals surface area contributed by atoms with E-state index in [2.05, 4.69) is 42.0 Å². The molecule has 0 bridgehead atoms. The maximum atomic E-state index is 8.60. The standard InChI is InChI=1S/C13H17NO2/c1-11-3-2-4-13-12(11)5-6-14(13)7-9-16-10-8-15/h2-6,15H,7-10H2,1H3. The third kappa shape index (κ3) is 2.26. The Morgan fingerprint density at radius 2 is 2.12 bits per heavy atom. The van der Waals surface area contributed by atoms with Crippen LogP contribution in [0.15, 0.2) is 30.5 Å². The van der Waals surface area contributed by atoms with Crippen molar-refractivity contribution in [3.05, 3.63) is 36.0 Å². The lowest BCUT2D eigenvalue weighted by atomic mass is 10.1.